The molecule has 24 heavy (non-hydrogen) atoms. The summed E-state index contributed by atoms with van der Waals surface area (Å²) in [5, 5.41) is 0. The predicted molar refractivity (Wildman–Crippen MR) is 93.8 cm³/mol. The first kappa shape index (κ1) is 17.9. The molecule has 0 unspecified atom stereocenters. The molecule has 0 saturated heterocycles. The van der Waals surface area contributed by atoms with E-state index >= 15 is 0 Å². The van der Waals surface area contributed by atoms with E-state index in [1.165, 1.54) is 11.1 Å². The molecule has 0 heterocycles. The lowest BCUT2D eigenvalue weighted by atomic mass is 10.1. The van der Waals surface area contributed by atoms with Crippen LogP contribution in [-0.4, -0.2) is 13.1 Å². The number of carbonyl (C=O) groups excluding carboxylic acids is 1. The van der Waals surface area contributed by atoms with Gasteiger partial charge in [-0.15, -0.1) is 0 Å². The van der Waals surface area contributed by atoms with Crippen LogP contribution in [0, 0.1) is 6.92 Å². The summed E-state index contributed by atoms with van der Waals surface area (Å²) in [5.74, 6) is 1.61. The molecule has 0 N–H and O–H groups in total. The maximum absolute atomic E-state index is 11.6. The molecule has 2 aromatic carbocycles. The van der Waals surface area contributed by atoms with Gasteiger partial charge in [-0.3, -0.25) is 4.79 Å². The molecule has 0 saturated carbocycles. The number of ether oxygens (including phenoxy) is 3. The molecule has 4 nitrogen and oxygen atoms in total. The molecule has 0 aromatic heterocycles. The molecule has 0 aliphatic rings. The van der Waals surface area contributed by atoms with Crippen LogP contribution in [0.15, 0.2) is 36.4 Å². The van der Waals surface area contributed by atoms with Crippen LogP contribution in [-0.2, 0) is 17.8 Å². The van der Waals surface area contributed by atoms with E-state index in [0.717, 1.165) is 17.7 Å². The highest BCUT2D eigenvalue weighted by atomic mass is 16.5. The molecule has 0 amide bonds. The molecule has 2 aromatic rings. The van der Waals surface area contributed by atoms with Crippen molar-refractivity contribution >= 4 is 5.97 Å². The molecule has 4 heteroatoms. The zero-order valence-electron chi connectivity index (χ0n) is 14.7. The Labute approximate surface area is 143 Å². The number of hydrogen-bond acceptors (Lipinski definition) is 4. The highest BCUT2D eigenvalue weighted by Crippen LogP contribution is 2.30. The van der Waals surface area contributed by atoms with Crippen molar-refractivity contribution in [2.45, 2.75) is 40.2 Å². The number of benzene rings is 2. The van der Waals surface area contributed by atoms with Gasteiger partial charge in [-0.1, -0.05) is 26.0 Å². The predicted octanol–water partition coefficient (Wildman–Crippen LogP) is 4.46. The van der Waals surface area contributed by atoms with Gasteiger partial charge in [-0.25, -0.2) is 0 Å². The number of hydrogen-bond donors (Lipinski definition) is 0. The summed E-state index contributed by atoms with van der Waals surface area (Å²) in [7, 11) is 1.59. The van der Waals surface area contributed by atoms with Gasteiger partial charge in [0.1, 0.15) is 23.9 Å². The monoisotopic (exact) mass is 328 g/mol. The minimum atomic E-state index is -0.285. The van der Waals surface area contributed by atoms with Gasteiger partial charge in [0.05, 0.1) is 12.7 Å². The van der Waals surface area contributed by atoms with Crippen LogP contribution in [0.2, 0.25) is 0 Å². The molecular weight excluding hydrogens is 304 g/mol. The fourth-order valence-corrected chi connectivity index (χ4v) is 2.48. The topological polar surface area (TPSA) is 44.8 Å². The Morgan fingerprint density at radius 3 is 2.46 bits per heavy atom. The summed E-state index contributed by atoms with van der Waals surface area (Å²) in [5.41, 5.74) is 3.23. The SMILES string of the molecule is CCC(=O)Oc1cccc(OC)c1COc1ccc(CC)c(C)c1. The third-order valence-corrected chi connectivity index (χ3v) is 3.90. The lowest BCUT2D eigenvalue weighted by molar-refractivity contribution is -0.134. The van der Waals surface area contributed by atoms with Crippen LogP contribution >= 0.6 is 0 Å². The molecule has 0 bridgehead atoms. The third-order valence-electron chi connectivity index (χ3n) is 3.90. The van der Waals surface area contributed by atoms with E-state index in [9.17, 15) is 4.79 Å². The van der Waals surface area contributed by atoms with Crippen molar-refractivity contribution in [1.82, 2.24) is 0 Å². The largest absolute Gasteiger partial charge is 0.496 e. The Hall–Kier alpha value is -2.49. The standard InChI is InChI=1S/C20H24O4/c1-5-15-10-11-16(12-14(15)3)23-13-17-18(22-4)8-7-9-19(17)24-20(21)6-2/h7-12H,5-6,13H2,1-4H3. The van der Waals surface area contributed by atoms with E-state index in [2.05, 4.69) is 19.9 Å². The molecule has 0 atom stereocenters. The van der Waals surface area contributed by atoms with E-state index in [1.54, 1.807) is 26.2 Å². The highest BCUT2D eigenvalue weighted by molar-refractivity contribution is 5.72. The summed E-state index contributed by atoms with van der Waals surface area (Å²) >= 11 is 0. The first-order valence-electron chi connectivity index (χ1n) is 8.17. The van der Waals surface area contributed by atoms with Crippen molar-refractivity contribution in [3.63, 3.8) is 0 Å². The van der Waals surface area contributed by atoms with Gasteiger partial charge in [0.2, 0.25) is 0 Å². The molecular formula is C20H24O4. The molecule has 0 spiro atoms. The van der Waals surface area contributed by atoms with Crippen LogP contribution in [0.3, 0.4) is 0 Å². The van der Waals surface area contributed by atoms with Gasteiger partial charge in [-0.2, -0.15) is 0 Å². The highest BCUT2D eigenvalue weighted by Gasteiger charge is 2.14. The smallest absolute Gasteiger partial charge is 0.310 e. The zero-order chi connectivity index (χ0) is 17.5. The van der Waals surface area contributed by atoms with Crippen molar-refractivity contribution in [3.05, 3.63) is 53.1 Å². The van der Waals surface area contributed by atoms with E-state index < -0.39 is 0 Å². The normalized spacial score (nSPS) is 10.3. The van der Waals surface area contributed by atoms with E-state index in [1.807, 2.05) is 18.2 Å². The maximum Gasteiger partial charge on any atom is 0.310 e. The molecule has 128 valence electrons. The van der Waals surface area contributed by atoms with Crippen molar-refractivity contribution in [2.24, 2.45) is 0 Å². The van der Waals surface area contributed by atoms with Gasteiger partial charge < -0.3 is 14.2 Å². The zero-order valence-corrected chi connectivity index (χ0v) is 14.7. The maximum atomic E-state index is 11.6. The number of rotatable bonds is 7. The molecule has 2 rings (SSSR count). The Morgan fingerprint density at radius 1 is 1.08 bits per heavy atom. The minimum Gasteiger partial charge on any atom is -0.496 e. The third kappa shape index (κ3) is 4.28. The molecule has 0 radical (unpaired) electrons. The van der Waals surface area contributed by atoms with Gasteiger partial charge in [-0.05, 0) is 48.7 Å². The first-order valence-corrected chi connectivity index (χ1v) is 8.17. The fourth-order valence-electron chi connectivity index (χ4n) is 2.48. The second kappa shape index (κ2) is 8.39. The number of methoxy groups -OCH3 is 1. The van der Waals surface area contributed by atoms with E-state index in [0.29, 0.717) is 17.9 Å². The van der Waals surface area contributed by atoms with Crippen molar-refractivity contribution in [3.8, 4) is 17.2 Å². The fraction of sp³-hybridized carbons (Fsp3) is 0.350. The van der Waals surface area contributed by atoms with E-state index in [-0.39, 0.29) is 12.6 Å². The lowest BCUT2D eigenvalue weighted by Crippen LogP contribution is -2.09. The van der Waals surface area contributed by atoms with Crippen LogP contribution in [0.5, 0.6) is 17.2 Å². The van der Waals surface area contributed by atoms with Gasteiger partial charge >= 0.3 is 5.97 Å². The Morgan fingerprint density at radius 2 is 1.83 bits per heavy atom. The molecule has 0 aliphatic carbocycles. The molecule has 0 fully saturated rings. The second-order valence-corrected chi connectivity index (χ2v) is 5.50. The summed E-state index contributed by atoms with van der Waals surface area (Å²) in [6.45, 7) is 6.23. The summed E-state index contributed by atoms with van der Waals surface area (Å²) in [6.07, 6.45) is 1.31. The average molecular weight is 328 g/mol. The number of carbonyl (C=O) groups is 1. The van der Waals surface area contributed by atoms with Crippen LogP contribution in [0.4, 0.5) is 0 Å². The summed E-state index contributed by atoms with van der Waals surface area (Å²) in [6, 6.07) is 11.4. The average Bonchev–Trinajstić information content (AvgIpc) is 2.60. The Kier molecular flexibility index (Phi) is 6.24. The van der Waals surface area contributed by atoms with Crippen LogP contribution in [0.1, 0.15) is 37.0 Å². The first-order chi connectivity index (χ1) is 11.6. The summed E-state index contributed by atoms with van der Waals surface area (Å²) < 4.78 is 16.7. The Balaban J connectivity index is 2.21. The molecule has 0 aliphatic heterocycles. The van der Waals surface area contributed by atoms with E-state index in [4.69, 9.17) is 14.2 Å². The van der Waals surface area contributed by atoms with Crippen molar-refractivity contribution in [2.75, 3.05) is 7.11 Å². The number of aryl methyl sites for hydroxylation is 2. The van der Waals surface area contributed by atoms with Crippen LogP contribution in [0.25, 0.3) is 0 Å². The van der Waals surface area contributed by atoms with Crippen LogP contribution < -0.4 is 14.2 Å². The van der Waals surface area contributed by atoms with Crippen molar-refractivity contribution < 1.29 is 19.0 Å². The quantitative estimate of drug-likeness (QED) is 0.556. The van der Waals surface area contributed by atoms with Crippen molar-refractivity contribution in [1.29, 1.82) is 0 Å². The van der Waals surface area contributed by atoms with Gasteiger partial charge in [0, 0.05) is 6.42 Å². The lowest BCUT2D eigenvalue weighted by Gasteiger charge is -2.15. The Bertz CT molecular complexity index is 707. The number of esters is 1. The summed E-state index contributed by atoms with van der Waals surface area (Å²) in [4.78, 5) is 11.6. The van der Waals surface area contributed by atoms with Gasteiger partial charge in [0.25, 0.3) is 0 Å². The van der Waals surface area contributed by atoms with Gasteiger partial charge in [0.15, 0.2) is 0 Å². The minimum absolute atomic E-state index is 0.265. The second-order valence-electron chi connectivity index (χ2n) is 5.50.